The summed E-state index contributed by atoms with van der Waals surface area (Å²) in [5.74, 6) is 3.46. The Morgan fingerprint density at radius 2 is 1.66 bits per heavy atom. The minimum atomic E-state index is -0.214. The van der Waals surface area contributed by atoms with Gasteiger partial charge in [0.05, 0.1) is 21.3 Å². The highest BCUT2D eigenvalue weighted by molar-refractivity contribution is 5.68. The van der Waals surface area contributed by atoms with Crippen LogP contribution in [0.3, 0.4) is 0 Å². The fourth-order valence-electron chi connectivity index (χ4n) is 9.81. The minimum Gasteiger partial charge on any atom is -0.493 e. The van der Waals surface area contributed by atoms with Gasteiger partial charge in [-0.1, -0.05) is 31.6 Å². The standard InChI is InChI=1S/C35H49NO5/c1-22(37)41-33-24(17-23-18-30(38-4)32(40-6)31(19-23)39-5)20-29-27-10-9-25-21-26(36-15-7-8-16-36)11-13-34(25,2)28(27)12-14-35(29,33)3/h9,17-19,26-29,33H,7-8,10-16,20-21H2,1-6H3/b24-17+/t26-,27+,28-,29-,33-,34-,35-/m0/s1. The summed E-state index contributed by atoms with van der Waals surface area (Å²) in [4.78, 5) is 15.2. The molecule has 41 heavy (non-hydrogen) atoms. The van der Waals surface area contributed by atoms with Crippen molar-refractivity contribution < 1.29 is 23.7 Å². The van der Waals surface area contributed by atoms with E-state index < -0.39 is 0 Å². The summed E-state index contributed by atoms with van der Waals surface area (Å²) < 4.78 is 23.0. The summed E-state index contributed by atoms with van der Waals surface area (Å²) >= 11 is 0. The molecule has 0 aromatic heterocycles. The van der Waals surface area contributed by atoms with Gasteiger partial charge in [-0.2, -0.15) is 0 Å². The van der Waals surface area contributed by atoms with Crippen LogP contribution < -0.4 is 14.2 Å². The maximum absolute atomic E-state index is 12.4. The third-order valence-electron chi connectivity index (χ3n) is 11.9. The number of benzene rings is 1. The van der Waals surface area contributed by atoms with E-state index in [1.165, 1.54) is 57.2 Å². The summed E-state index contributed by atoms with van der Waals surface area (Å²) in [6.07, 6.45) is 15.7. The number of esters is 1. The van der Waals surface area contributed by atoms with Crippen molar-refractivity contribution in [1.82, 2.24) is 4.90 Å². The number of carbonyl (C=O) groups is 1. The van der Waals surface area contributed by atoms with Gasteiger partial charge in [0.15, 0.2) is 11.5 Å². The Morgan fingerprint density at radius 1 is 0.951 bits per heavy atom. The second-order valence-corrected chi connectivity index (χ2v) is 13.8. The number of rotatable bonds is 6. The normalized spacial score (nSPS) is 37.6. The van der Waals surface area contributed by atoms with Crippen LogP contribution in [0.1, 0.15) is 84.1 Å². The first kappa shape index (κ1) is 28.6. The van der Waals surface area contributed by atoms with Crippen molar-refractivity contribution in [1.29, 1.82) is 0 Å². The Hall–Kier alpha value is -2.47. The van der Waals surface area contributed by atoms with Crippen molar-refractivity contribution in [2.24, 2.45) is 28.6 Å². The predicted molar refractivity (Wildman–Crippen MR) is 161 cm³/mol. The van der Waals surface area contributed by atoms with E-state index in [0.717, 1.165) is 30.9 Å². The Balaban J connectivity index is 1.32. The Labute approximate surface area is 246 Å². The molecule has 4 fully saturated rings. The molecule has 6 heteroatoms. The third kappa shape index (κ3) is 4.78. The van der Waals surface area contributed by atoms with Gasteiger partial charge >= 0.3 is 5.97 Å². The van der Waals surface area contributed by atoms with Gasteiger partial charge in [0.2, 0.25) is 5.75 Å². The van der Waals surface area contributed by atoms with Gasteiger partial charge in [0.25, 0.3) is 0 Å². The van der Waals surface area contributed by atoms with Gasteiger partial charge in [0.1, 0.15) is 6.10 Å². The molecule has 7 atom stereocenters. The first-order valence-corrected chi connectivity index (χ1v) is 15.8. The van der Waals surface area contributed by atoms with Crippen LogP contribution in [0, 0.1) is 28.6 Å². The van der Waals surface area contributed by atoms with E-state index in [1.54, 1.807) is 33.8 Å². The molecule has 4 aliphatic carbocycles. The maximum atomic E-state index is 12.4. The molecule has 0 bridgehead atoms. The molecular formula is C35H49NO5. The quantitative estimate of drug-likeness (QED) is 0.273. The number of nitrogens with zero attached hydrogens (tertiary/aromatic N) is 1. The fourth-order valence-corrected chi connectivity index (χ4v) is 9.81. The zero-order valence-corrected chi connectivity index (χ0v) is 26.0. The van der Waals surface area contributed by atoms with E-state index in [-0.39, 0.29) is 17.5 Å². The Kier molecular flexibility index (Phi) is 7.67. The lowest BCUT2D eigenvalue weighted by Gasteiger charge is -2.58. The number of allylic oxidation sites excluding steroid dienone is 1. The van der Waals surface area contributed by atoms with Crippen molar-refractivity contribution in [2.45, 2.75) is 90.7 Å². The van der Waals surface area contributed by atoms with Crippen molar-refractivity contribution >= 4 is 12.0 Å². The highest BCUT2D eigenvalue weighted by Gasteiger charge is 2.61. The van der Waals surface area contributed by atoms with E-state index >= 15 is 0 Å². The van der Waals surface area contributed by atoms with Gasteiger partial charge in [-0.25, -0.2) is 0 Å². The summed E-state index contributed by atoms with van der Waals surface area (Å²) in [5, 5.41) is 0. The van der Waals surface area contributed by atoms with Crippen LogP contribution in [0.25, 0.3) is 6.08 Å². The monoisotopic (exact) mass is 563 g/mol. The molecule has 0 spiro atoms. The molecule has 5 aliphatic rings. The molecule has 0 unspecified atom stereocenters. The van der Waals surface area contributed by atoms with E-state index in [1.807, 2.05) is 12.1 Å². The Bertz CT molecular complexity index is 1210. The molecule has 1 aliphatic heterocycles. The van der Waals surface area contributed by atoms with Gasteiger partial charge < -0.3 is 23.8 Å². The van der Waals surface area contributed by atoms with Crippen molar-refractivity contribution in [3.8, 4) is 17.2 Å². The maximum Gasteiger partial charge on any atom is 0.303 e. The number of hydrogen-bond donors (Lipinski definition) is 0. The average molecular weight is 564 g/mol. The SMILES string of the molecule is COc1cc(/C=C2\C[C@H]3[C@@H]4CC=C5C[C@@H](N6CCCC6)CC[C@]5(C)[C@H]4CC[C@]3(C)[C@H]2OC(C)=O)cc(OC)c1OC. The molecule has 6 nitrogen and oxygen atoms in total. The van der Waals surface area contributed by atoms with E-state index in [4.69, 9.17) is 18.9 Å². The average Bonchev–Trinajstić information content (AvgIpc) is 3.59. The lowest BCUT2D eigenvalue weighted by molar-refractivity contribution is -0.154. The minimum absolute atomic E-state index is 0.0617. The van der Waals surface area contributed by atoms with Crippen LogP contribution in [0.15, 0.2) is 29.4 Å². The fraction of sp³-hybridized carbons (Fsp3) is 0.686. The van der Waals surface area contributed by atoms with Crippen LogP contribution in [0.4, 0.5) is 0 Å². The van der Waals surface area contributed by atoms with E-state index in [0.29, 0.717) is 40.4 Å². The number of ether oxygens (including phenoxy) is 4. The molecule has 6 rings (SSSR count). The molecule has 1 aromatic carbocycles. The smallest absolute Gasteiger partial charge is 0.303 e. The first-order chi connectivity index (χ1) is 19.7. The number of carbonyl (C=O) groups excluding carboxylic acids is 1. The van der Waals surface area contributed by atoms with Crippen LogP contribution in [0.2, 0.25) is 0 Å². The summed E-state index contributed by atoms with van der Waals surface area (Å²) in [6.45, 7) is 9.11. The van der Waals surface area contributed by atoms with E-state index in [9.17, 15) is 4.79 Å². The number of likely N-dealkylation sites (tertiary alicyclic amines) is 1. The van der Waals surface area contributed by atoms with Gasteiger partial charge in [0, 0.05) is 18.4 Å². The highest BCUT2D eigenvalue weighted by Crippen LogP contribution is 2.66. The highest BCUT2D eigenvalue weighted by atomic mass is 16.5. The summed E-state index contributed by atoms with van der Waals surface area (Å²) in [5.41, 5.74) is 4.17. The van der Waals surface area contributed by atoms with Crippen molar-refractivity contribution in [3.63, 3.8) is 0 Å². The van der Waals surface area contributed by atoms with Crippen molar-refractivity contribution in [3.05, 3.63) is 34.9 Å². The van der Waals surface area contributed by atoms with Crippen LogP contribution in [-0.2, 0) is 9.53 Å². The molecule has 0 N–H and O–H groups in total. The molecule has 1 aromatic rings. The topological polar surface area (TPSA) is 57.2 Å². The van der Waals surface area contributed by atoms with Crippen LogP contribution in [-0.4, -0.2) is 57.4 Å². The lowest BCUT2D eigenvalue weighted by Crippen LogP contribution is -2.52. The molecule has 0 amide bonds. The molecule has 224 valence electrons. The van der Waals surface area contributed by atoms with Crippen molar-refractivity contribution in [2.75, 3.05) is 34.4 Å². The molecule has 1 heterocycles. The first-order valence-electron chi connectivity index (χ1n) is 15.8. The zero-order valence-electron chi connectivity index (χ0n) is 26.0. The second kappa shape index (κ2) is 11.0. The summed E-state index contributed by atoms with van der Waals surface area (Å²) in [7, 11) is 4.91. The molecule has 1 saturated heterocycles. The predicted octanol–water partition coefficient (Wildman–Crippen LogP) is 7.06. The summed E-state index contributed by atoms with van der Waals surface area (Å²) in [6, 6.07) is 4.72. The molecule has 0 radical (unpaired) electrons. The van der Waals surface area contributed by atoms with Gasteiger partial charge in [-0.05, 0) is 117 Å². The van der Waals surface area contributed by atoms with Crippen LogP contribution >= 0.6 is 0 Å². The zero-order chi connectivity index (χ0) is 28.9. The number of hydrogen-bond acceptors (Lipinski definition) is 6. The number of fused-ring (bicyclic) bond motifs is 5. The second-order valence-electron chi connectivity index (χ2n) is 13.8. The van der Waals surface area contributed by atoms with Crippen LogP contribution in [0.5, 0.6) is 17.2 Å². The van der Waals surface area contributed by atoms with Gasteiger partial charge in [-0.3, -0.25) is 4.79 Å². The largest absolute Gasteiger partial charge is 0.493 e. The molecular weight excluding hydrogens is 514 g/mol. The lowest BCUT2D eigenvalue weighted by atomic mass is 9.48. The van der Waals surface area contributed by atoms with E-state index in [2.05, 4.69) is 30.9 Å². The van der Waals surface area contributed by atoms with Gasteiger partial charge in [-0.15, -0.1) is 0 Å². The molecule has 3 saturated carbocycles. The Morgan fingerprint density at radius 3 is 2.29 bits per heavy atom. The number of methoxy groups -OCH3 is 3. The third-order valence-corrected chi connectivity index (χ3v) is 11.9.